The first-order chi connectivity index (χ1) is 8.94. The number of benzene rings is 1. The number of aliphatic carboxylic acids is 1. The highest BCUT2D eigenvalue weighted by Gasteiger charge is 2.48. The van der Waals surface area contributed by atoms with Crippen LogP contribution in [-0.2, 0) is 15.5 Å². The molecule has 1 N–H and O–H groups in total. The zero-order valence-corrected chi connectivity index (χ0v) is 10.1. The molecule has 0 aromatic heterocycles. The van der Waals surface area contributed by atoms with Gasteiger partial charge >= 0.3 is 11.9 Å². The third-order valence-corrected chi connectivity index (χ3v) is 3.20. The minimum absolute atomic E-state index is 0.0538. The van der Waals surface area contributed by atoms with Crippen molar-refractivity contribution in [1.82, 2.24) is 4.90 Å². The van der Waals surface area contributed by atoms with E-state index in [0.717, 1.165) is 17.0 Å². The Morgan fingerprint density at radius 1 is 1.26 bits per heavy atom. The number of carboxylic acid groups (broad SMARTS) is 1. The van der Waals surface area contributed by atoms with Gasteiger partial charge in [-0.2, -0.15) is 8.78 Å². The number of carbonyl (C=O) groups excluding carboxylic acids is 1. The van der Waals surface area contributed by atoms with Gasteiger partial charge in [-0.15, -0.1) is 0 Å². The average molecular weight is 269 g/mol. The number of hydrogen-bond acceptors (Lipinski definition) is 2. The van der Waals surface area contributed by atoms with Crippen LogP contribution in [0.5, 0.6) is 0 Å². The molecule has 6 heteroatoms. The number of likely N-dealkylation sites (tertiary alicyclic amines) is 1. The highest BCUT2D eigenvalue weighted by molar-refractivity contribution is 5.89. The Bertz CT molecular complexity index is 490. The van der Waals surface area contributed by atoms with Crippen LogP contribution in [0.3, 0.4) is 0 Å². The summed E-state index contributed by atoms with van der Waals surface area (Å²) in [5.41, 5.74) is -0.420. The molecule has 0 saturated carbocycles. The summed E-state index contributed by atoms with van der Waals surface area (Å²) in [7, 11) is 0. The van der Waals surface area contributed by atoms with E-state index in [2.05, 4.69) is 0 Å². The van der Waals surface area contributed by atoms with Crippen LogP contribution in [0.25, 0.3) is 0 Å². The van der Waals surface area contributed by atoms with E-state index in [9.17, 15) is 18.4 Å². The number of carbonyl (C=O) groups is 2. The van der Waals surface area contributed by atoms with Crippen LogP contribution >= 0.6 is 0 Å². The maximum atomic E-state index is 14.1. The van der Waals surface area contributed by atoms with Crippen molar-refractivity contribution >= 4 is 11.9 Å². The fourth-order valence-corrected chi connectivity index (χ4v) is 2.22. The Labute approximate surface area is 108 Å². The smallest absolute Gasteiger partial charge is 0.349 e. The summed E-state index contributed by atoms with van der Waals surface area (Å²) in [5, 5.41) is 8.93. The molecule has 0 aliphatic carbocycles. The lowest BCUT2D eigenvalue weighted by molar-refractivity contribution is -0.164. The van der Waals surface area contributed by atoms with Crippen molar-refractivity contribution in [2.45, 2.75) is 24.8 Å². The monoisotopic (exact) mass is 269 g/mol. The van der Waals surface area contributed by atoms with Crippen molar-refractivity contribution in [2.24, 2.45) is 0 Å². The van der Waals surface area contributed by atoms with Gasteiger partial charge in [0.05, 0.1) is 0 Å². The van der Waals surface area contributed by atoms with E-state index in [1.54, 1.807) is 6.07 Å². The van der Waals surface area contributed by atoms with Crippen molar-refractivity contribution in [1.29, 1.82) is 0 Å². The van der Waals surface area contributed by atoms with E-state index >= 15 is 0 Å². The van der Waals surface area contributed by atoms with Gasteiger partial charge in [-0.3, -0.25) is 4.79 Å². The number of hydrogen-bond donors (Lipinski definition) is 1. The van der Waals surface area contributed by atoms with E-state index < -0.39 is 29.4 Å². The Morgan fingerprint density at radius 3 is 2.47 bits per heavy atom. The molecule has 1 amide bonds. The fourth-order valence-electron chi connectivity index (χ4n) is 2.22. The molecule has 1 aromatic rings. The van der Waals surface area contributed by atoms with Gasteiger partial charge in [0.25, 0.3) is 5.91 Å². The molecule has 2 rings (SSSR count). The normalized spacial score (nSPS) is 19.5. The second-order valence-electron chi connectivity index (χ2n) is 4.44. The second kappa shape index (κ2) is 4.95. The van der Waals surface area contributed by atoms with Gasteiger partial charge in [-0.05, 0) is 12.8 Å². The van der Waals surface area contributed by atoms with Crippen molar-refractivity contribution in [3.05, 3.63) is 35.9 Å². The lowest BCUT2D eigenvalue weighted by Crippen LogP contribution is -2.47. The van der Waals surface area contributed by atoms with Gasteiger partial charge in [0.1, 0.15) is 6.04 Å². The lowest BCUT2D eigenvalue weighted by atomic mass is 10.1. The molecule has 1 atom stereocenters. The van der Waals surface area contributed by atoms with Crippen LogP contribution < -0.4 is 0 Å². The van der Waals surface area contributed by atoms with Crippen LogP contribution in [0.4, 0.5) is 8.78 Å². The maximum Gasteiger partial charge on any atom is 0.349 e. The summed E-state index contributed by atoms with van der Waals surface area (Å²) in [6, 6.07) is 5.56. The molecule has 19 heavy (non-hydrogen) atoms. The van der Waals surface area contributed by atoms with Gasteiger partial charge in [-0.1, -0.05) is 30.3 Å². The molecule has 0 radical (unpaired) electrons. The van der Waals surface area contributed by atoms with E-state index in [1.807, 2.05) is 0 Å². The minimum Gasteiger partial charge on any atom is -0.480 e. The SMILES string of the molecule is O=C(O)C1CCCN1C(=O)C(F)(F)c1ccccc1. The summed E-state index contributed by atoms with van der Waals surface area (Å²) in [6.07, 6.45) is 0.638. The first-order valence-electron chi connectivity index (χ1n) is 5.92. The van der Waals surface area contributed by atoms with Crippen LogP contribution in [-0.4, -0.2) is 34.5 Å². The highest BCUT2D eigenvalue weighted by Crippen LogP contribution is 2.33. The van der Waals surface area contributed by atoms with Gasteiger partial charge in [0.15, 0.2) is 0 Å². The fraction of sp³-hybridized carbons (Fsp3) is 0.385. The molecule has 1 aliphatic rings. The predicted octanol–water partition coefficient (Wildman–Crippen LogP) is 1.85. The van der Waals surface area contributed by atoms with E-state index in [0.29, 0.717) is 6.42 Å². The zero-order valence-electron chi connectivity index (χ0n) is 10.1. The van der Waals surface area contributed by atoms with Crippen LogP contribution in [0, 0.1) is 0 Å². The highest BCUT2D eigenvalue weighted by atomic mass is 19.3. The zero-order chi connectivity index (χ0) is 14.0. The summed E-state index contributed by atoms with van der Waals surface area (Å²) >= 11 is 0. The lowest BCUT2D eigenvalue weighted by Gasteiger charge is -2.26. The summed E-state index contributed by atoms with van der Waals surface area (Å²) in [6.45, 7) is 0.0538. The number of carboxylic acids is 1. The maximum absolute atomic E-state index is 14.1. The van der Waals surface area contributed by atoms with Crippen LogP contribution in [0.1, 0.15) is 18.4 Å². The third-order valence-electron chi connectivity index (χ3n) is 3.20. The summed E-state index contributed by atoms with van der Waals surface area (Å²) in [4.78, 5) is 23.6. The molecule has 1 fully saturated rings. The van der Waals surface area contributed by atoms with Crippen molar-refractivity contribution in [3.8, 4) is 0 Å². The number of nitrogens with zero attached hydrogens (tertiary/aromatic N) is 1. The number of amides is 1. The molecule has 102 valence electrons. The van der Waals surface area contributed by atoms with E-state index in [4.69, 9.17) is 5.11 Å². The molecule has 1 unspecified atom stereocenters. The molecule has 1 aromatic carbocycles. The first kappa shape index (κ1) is 13.5. The topological polar surface area (TPSA) is 57.6 Å². The predicted molar refractivity (Wildman–Crippen MR) is 62.7 cm³/mol. The molecule has 0 bridgehead atoms. The van der Waals surface area contributed by atoms with Crippen molar-refractivity contribution in [3.63, 3.8) is 0 Å². The third kappa shape index (κ3) is 2.43. The average Bonchev–Trinajstić information content (AvgIpc) is 2.88. The van der Waals surface area contributed by atoms with Gasteiger partial charge in [0.2, 0.25) is 0 Å². The van der Waals surface area contributed by atoms with Gasteiger partial charge in [0, 0.05) is 12.1 Å². The van der Waals surface area contributed by atoms with Gasteiger partial charge < -0.3 is 10.0 Å². The quantitative estimate of drug-likeness (QED) is 0.911. The standard InChI is InChI=1S/C13H13F2NO3/c14-13(15,9-5-2-1-3-6-9)12(19)16-8-4-7-10(16)11(17)18/h1-3,5-6,10H,4,7-8H2,(H,17,18). The Balaban J connectivity index is 2.26. The van der Waals surface area contributed by atoms with Gasteiger partial charge in [-0.25, -0.2) is 4.79 Å². The summed E-state index contributed by atoms with van der Waals surface area (Å²) < 4.78 is 28.1. The molecular formula is C13H13F2NO3. The molecule has 1 aliphatic heterocycles. The largest absolute Gasteiger partial charge is 0.480 e. The second-order valence-corrected chi connectivity index (χ2v) is 4.44. The van der Waals surface area contributed by atoms with E-state index in [-0.39, 0.29) is 13.0 Å². The van der Waals surface area contributed by atoms with Crippen LogP contribution in [0.2, 0.25) is 0 Å². The molecule has 1 saturated heterocycles. The molecular weight excluding hydrogens is 256 g/mol. The molecule has 0 spiro atoms. The number of rotatable bonds is 3. The molecule has 4 nitrogen and oxygen atoms in total. The summed E-state index contributed by atoms with van der Waals surface area (Å²) in [5.74, 6) is -6.38. The Hall–Kier alpha value is -1.98. The van der Waals surface area contributed by atoms with Crippen LogP contribution in [0.15, 0.2) is 30.3 Å². The van der Waals surface area contributed by atoms with Crippen molar-refractivity contribution in [2.75, 3.05) is 6.54 Å². The minimum atomic E-state index is -3.70. The molecule has 1 heterocycles. The number of alkyl halides is 2. The van der Waals surface area contributed by atoms with Crippen molar-refractivity contribution < 1.29 is 23.5 Å². The number of halogens is 2. The van der Waals surface area contributed by atoms with E-state index in [1.165, 1.54) is 12.1 Å². The Morgan fingerprint density at radius 2 is 1.89 bits per heavy atom. The Kier molecular flexibility index (Phi) is 3.50. The first-order valence-corrected chi connectivity index (χ1v) is 5.92.